The molecule has 0 bridgehead atoms. The molecule has 2 aromatic heterocycles. The Bertz CT molecular complexity index is 567. The Kier molecular flexibility index (Phi) is 2.25. The molecule has 0 aliphatic carbocycles. The van der Waals surface area contributed by atoms with Crippen molar-refractivity contribution < 1.29 is 14.6 Å². The molecule has 7 nitrogen and oxygen atoms in total. The van der Waals surface area contributed by atoms with Crippen LogP contribution >= 0.6 is 0 Å². The van der Waals surface area contributed by atoms with Crippen molar-refractivity contribution in [3.05, 3.63) is 24.4 Å². The molecule has 0 saturated carbocycles. The van der Waals surface area contributed by atoms with Gasteiger partial charge < -0.3 is 9.84 Å². The van der Waals surface area contributed by atoms with E-state index in [2.05, 4.69) is 15.2 Å². The number of carboxylic acid groups (broad SMARTS) is 1. The van der Waals surface area contributed by atoms with Gasteiger partial charge in [0.1, 0.15) is 6.10 Å². The molecule has 88 valence electrons. The SMILES string of the molecule is O=C(O)C1CCC(c2nnc3cnccn23)O1. The molecule has 1 N–H and O–H groups in total. The molecule has 2 unspecified atom stereocenters. The topological polar surface area (TPSA) is 89.6 Å². The molecule has 1 saturated heterocycles. The zero-order valence-electron chi connectivity index (χ0n) is 8.85. The molecule has 2 aromatic rings. The predicted octanol–water partition coefficient (Wildman–Crippen LogP) is 0.429. The number of carboxylic acids is 1. The fourth-order valence-corrected chi connectivity index (χ4v) is 2.00. The zero-order valence-corrected chi connectivity index (χ0v) is 8.85. The van der Waals surface area contributed by atoms with Gasteiger partial charge in [0.2, 0.25) is 0 Å². The molecule has 0 spiro atoms. The van der Waals surface area contributed by atoms with Crippen molar-refractivity contribution >= 4 is 11.6 Å². The Morgan fingerprint density at radius 2 is 2.35 bits per heavy atom. The van der Waals surface area contributed by atoms with Crippen LogP contribution in [0.5, 0.6) is 0 Å². The van der Waals surface area contributed by atoms with Crippen LogP contribution in [-0.2, 0) is 9.53 Å². The van der Waals surface area contributed by atoms with Crippen molar-refractivity contribution in [2.45, 2.75) is 25.0 Å². The van der Waals surface area contributed by atoms with Gasteiger partial charge in [-0.05, 0) is 12.8 Å². The first-order chi connectivity index (χ1) is 8.25. The second-order valence-electron chi connectivity index (χ2n) is 3.89. The van der Waals surface area contributed by atoms with Crippen molar-refractivity contribution in [1.29, 1.82) is 0 Å². The first kappa shape index (κ1) is 10.2. The summed E-state index contributed by atoms with van der Waals surface area (Å²) in [4.78, 5) is 14.7. The van der Waals surface area contributed by atoms with Crippen LogP contribution in [-0.4, -0.2) is 36.8 Å². The van der Waals surface area contributed by atoms with Crippen molar-refractivity contribution in [3.63, 3.8) is 0 Å². The van der Waals surface area contributed by atoms with Gasteiger partial charge in [-0.1, -0.05) is 0 Å². The largest absolute Gasteiger partial charge is 0.479 e. The molecule has 0 aromatic carbocycles. The van der Waals surface area contributed by atoms with Gasteiger partial charge in [0.05, 0.1) is 6.20 Å². The lowest BCUT2D eigenvalue weighted by Crippen LogP contribution is -2.19. The maximum atomic E-state index is 10.8. The Balaban J connectivity index is 1.93. The number of hydrogen-bond donors (Lipinski definition) is 1. The van der Waals surface area contributed by atoms with Gasteiger partial charge in [0, 0.05) is 12.4 Å². The Morgan fingerprint density at radius 3 is 3.12 bits per heavy atom. The number of aromatic nitrogens is 4. The molecule has 1 fully saturated rings. The second-order valence-corrected chi connectivity index (χ2v) is 3.89. The highest BCUT2D eigenvalue weighted by Gasteiger charge is 2.33. The molecular formula is C10H10N4O3. The van der Waals surface area contributed by atoms with Gasteiger partial charge in [0.25, 0.3) is 0 Å². The van der Waals surface area contributed by atoms with E-state index in [-0.39, 0.29) is 6.10 Å². The molecule has 3 heterocycles. The highest BCUT2D eigenvalue weighted by atomic mass is 16.5. The number of rotatable bonds is 2. The Labute approximate surface area is 96.1 Å². The summed E-state index contributed by atoms with van der Waals surface area (Å²) < 4.78 is 7.20. The van der Waals surface area contributed by atoms with E-state index in [1.54, 1.807) is 23.0 Å². The smallest absolute Gasteiger partial charge is 0.332 e. The minimum atomic E-state index is -0.928. The van der Waals surface area contributed by atoms with E-state index in [1.165, 1.54) is 0 Å². The summed E-state index contributed by atoms with van der Waals surface area (Å²) >= 11 is 0. The standard InChI is InChI=1S/C10H10N4O3/c15-10(16)7-2-1-6(17-7)9-13-12-8-5-11-3-4-14(8)9/h3-7H,1-2H2,(H,15,16). The summed E-state index contributed by atoms with van der Waals surface area (Å²) in [6, 6.07) is 0. The lowest BCUT2D eigenvalue weighted by atomic mass is 10.2. The van der Waals surface area contributed by atoms with Crippen LogP contribution in [0.4, 0.5) is 0 Å². The van der Waals surface area contributed by atoms with Gasteiger partial charge >= 0.3 is 5.97 Å². The van der Waals surface area contributed by atoms with E-state index in [9.17, 15) is 4.79 Å². The molecular weight excluding hydrogens is 224 g/mol. The van der Waals surface area contributed by atoms with E-state index in [1.807, 2.05) is 0 Å². The molecule has 0 amide bonds. The number of fused-ring (bicyclic) bond motifs is 1. The van der Waals surface area contributed by atoms with Gasteiger partial charge in [0.15, 0.2) is 17.6 Å². The van der Waals surface area contributed by atoms with Crippen molar-refractivity contribution in [1.82, 2.24) is 19.6 Å². The molecule has 1 aliphatic rings. The highest BCUT2D eigenvalue weighted by Crippen LogP contribution is 2.31. The van der Waals surface area contributed by atoms with E-state index in [0.717, 1.165) is 0 Å². The van der Waals surface area contributed by atoms with Gasteiger partial charge in [-0.2, -0.15) is 0 Å². The number of ether oxygens (including phenoxy) is 1. The summed E-state index contributed by atoms with van der Waals surface area (Å²) in [6.45, 7) is 0. The summed E-state index contributed by atoms with van der Waals surface area (Å²) in [7, 11) is 0. The third-order valence-electron chi connectivity index (χ3n) is 2.82. The Hall–Kier alpha value is -2.02. The minimum absolute atomic E-state index is 0.312. The van der Waals surface area contributed by atoms with Crippen molar-refractivity contribution in [3.8, 4) is 0 Å². The van der Waals surface area contributed by atoms with E-state index < -0.39 is 12.1 Å². The first-order valence-electron chi connectivity index (χ1n) is 5.28. The average Bonchev–Trinajstić information content (AvgIpc) is 2.95. The van der Waals surface area contributed by atoms with Gasteiger partial charge in [-0.15, -0.1) is 10.2 Å². The molecule has 2 atom stereocenters. The monoisotopic (exact) mass is 234 g/mol. The molecule has 3 rings (SSSR count). The van der Waals surface area contributed by atoms with Gasteiger partial charge in [-0.3, -0.25) is 9.38 Å². The second kappa shape index (κ2) is 3.77. The highest BCUT2D eigenvalue weighted by molar-refractivity contribution is 5.72. The van der Waals surface area contributed by atoms with Crippen LogP contribution in [0.1, 0.15) is 24.8 Å². The summed E-state index contributed by atoms with van der Waals surface area (Å²) in [5.74, 6) is -0.297. The van der Waals surface area contributed by atoms with E-state index in [0.29, 0.717) is 24.3 Å². The molecule has 0 radical (unpaired) electrons. The molecule has 17 heavy (non-hydrogen) atoms. The third-order valence-corrected chi connectivity index (χ3v) is 2.82. The summed E-state index contributed by atoms with van der Waals surface area (Å²) in [6.07, 6.45) is 5.05. The van der Waals surface area contributed by atoms with Crippen LogP contribution in [0.15, 0.2) is 18.6 Å². The van der Waals surface area contributed by atoms with Crippen molar-refractivity contribution in [2.75, 3.05) is 0 Å². The third kappa shape index (κ3) is 1.64. The average molecular weight is 234 g/mol. The molecule has 7 heteroatoms. The van der Waals surface area contributed by atoms with E-state index in [4.69, 9.17) is 9.84 Å². The van der Waals surface area contributed by atoms with E-state index >= 15 is 0 Å². The lowest BCUT2D eigenvalue weighted by molar-refractivity contribution is -0.149. The quantitative estimate of drug-likeness (QED) is 0.810. The van der Waals surface area contributed by atoms with Crippen LogP contribution in [0.3, 0.4) is 0 Å². The minimum Gasteiger partial charge on any atom is -0.479 e. The number of hydrogen-bond acceptors (Lipinski definition) is 5. The first-order valence-corrected chi connectivity index (χ1v) is 5.28. The fourth-order valence-electron chi connectivity index (χ4n) is 2.00. The normalized spacial score (nSPS) is 24.2. The predicted molar refractivity (Wildman–Crippen MR) is 55.3 cm³/mol. The van der Waals surface area contributed by atoms with Crippen LogP contribution in [0.25, 0.3) is 5.65 Å². The summed E-state index contributed by atoms with van der Waals surface area (Å²) in [5.41, 5.74) is 0.630. The summed E-state index contributed by atoms with van der Waals surface area (Å²) in [5, 5.41) is 16.8. The van der Waals surface area contributed by atoms with Gasteiger partial charge in [-0.25, -0.2) is 4.79 Å². The number of nitrogens with zero attached hydrogens (tertiary/aromatic N) is 4. The number of aliphatic carboxylic acids is 1. The van der Waals surface area contributed by atoms with Crippen LogP contribution in [0.2, 0.25) is 0 Å². The fraction of sp³-hybridized carbons (Fsp3) is 0.400. The Morgan fingerprint density at radius 1 is 1.47 bits per heavy atom. The van der Waals surface area contributed by atoms with Crippen LogP contribution < -0.4 is 0 Å². The lowest BCUT2D eigenvalue weighted by Gasteiger charge is -2.08. The maximum Gasteiger partial charge on any atom is 0.332 e. The van der Waals surface area contributed by atoms with Crippen LogP contribution in [0, 0.1) is 0 Å². The zero-order chi connectivity index (χ0) is 11.8. The molecule has 1 aliphatic heterocycles. The maximum absolute atomic E-state index is 10.8. The number of carbonyl (C=O) groups is 1. The van der Waals surface area contributed by atoms with Crippen molar-refractivity contribution in [2.24, 2.45) is 0 Å².